The summed E-state index contributed by atoms with van der Waals surface area (Å²) in [6, 6.07) is 4.78. The Balaban J connectivity index is 2.37. The molecule has 1 aromatic carbocycles. The van der Waals surface area contributed by atoms with Crippen LogP contribution in [0.15, 0.2) is 24.3 Å². The molecule has 74 valence electrons. The topological polar surface area (TPSA) is 20.2 Å². The highest BCUT2D eigenvalue weighted by molar-refractivity contribution is 5.70. The molecular weight excluding hydrogens is 179 g/mol. The summed E-state index contributed by atoms with van der Waals surface area (Å²) in [5, 5.41) is 9.36. The summed E-state index contributed by atoms with van der Waals surface area (Å²) >= 11 is 0. The molecule has 1 unspecified atom stereocenters. The summed E-state index contributed by atoms with van der Waals surface area (Å²) < 4.78 is 12.8. The van der Waals surface area contributed by atoms with Crippen LogP contribution in [0, 0.1) is 12.7 Å². The largest absolute Gasteiger partial charge is 0.389 e. The van der Waals surface area contributed by atoms with Gasteiger partial charge in [-0.1, -0.05) is 12.1 Å². The van der Waals surface area contributed by atoms with Crippen molar-refractivity contribution in [2.45, 2.75) is 25.9 Å². The van der Waals surface area contributed by atoms with Crippen LogP contribution in [0.5, 0.6) is 0 Å². The average molecular weight is 192 g/mol. The van der Waals surface area contributed by atoms with Crippen molar-refractivity contribution in [2.24, 2.45) is 0 Å². The predicted octanol–water partition coefficient (Wildman–Crippen LogP) is 2.67. The first-order chi connectivity index (χ1) is 6.66. The lowest BCUT2D eigenvalue weighted by molar-refractivity contribution is 0.223. The first-order valence-electron chi connectivity index (χ1n) is 4.82. The van der Waals surface area contributed by atoms with E-state index < -0.39 is 0 Å². The highest BCUT2D eigenvalue weighted by Crippen LogP contribution is 2.30. The molecule has 0 saturated carbocycles. The maximum absolute atomic E-state index is 12.8. The maximum atomic E-state index is 12.8. The van der Waals surface area contributed by atoms with Crippen molar-refractivity contribution in [3.05, 3.63) is 41.2 Å². The van der Waals surface area contributed by atoms with Crippen LogP contribution in [0.1, 0.15) is 24.0 Å². The fourth-order valence-corrected chi connectivity index (χ4v) is 1.91. The number of aryl methyl sites for hydroxylation is 1. The Kier molecular flexibility index (Phi) is 2.38. The third-order valence-electron chi connectivity index (χ3n) is 2.64. The Bertz CT molecular complexity index is 382. The minimum Gasteiger partial charge on any atom is -0.389 e. The Hall–Kier alpha value is -1.15. The second kappa shape index (κ2) is 3.54. The standard InChI is InChI=1S/C12H13FO/c1-8-6-10(13)3-5-12(8)9-2-4-11(14)7-9/h3,5-7,11,14H,2,4H2,1H3. The molecule has 2 rings (SSSR count). The monoisotopic (exact) mass is 192 g/mol. The summed E-state index contributed by atoms with van der Waals surface area (Å²) in [4.78, 5) is 0. The van der Waals surface area contributed by atoms with Crippen LogP contribution in [0.25, 0.3) is 5.57 Å². The number of rotatable bonds is 1. The normalized spacial score (nSPS) is 21.1. The van der Waals surface area contributed by atoms with Crippen molar-refractivity contribution in [1.29, 1.82) is 0 Å². The third-order valence-corrected chi connectivity index (χ3v) is 2.64. The number of aliphatic hydroxyl groups excluding tert-OH is 1. The van der Waals surface area contributed by atoms with Crippen LogP contribution in [0.4, 0.5) is 4.39 Å². The van der Waals surface area contributed by atoms with E-state index in [1.54, 1.807) is 6.07 Å². The molecule has 14 heavy (non-hydrogen) atoms. The molecule has 1 nitrogen and oxygen atoms in total. The van der Waals surface area contributed by atoms with E-state index in [9.17, 15) is 9.50 Å². The van der Waals surface area contributed by atoms with Crippen molar-refractivity contribution < 1.29 is 9.50 Å². The van der Waals surface area contributed by atoms with Crippen LogP contribution < -0.4 is 0 Å². The van der Waals surface area contributed by atoms with Gasteiger partial charge in [-0.15, -0.1) is 0 Å². The molecule has 0 bridgehead atoms. The molecule has 1 aromatic rings. The summed E-state index contributed by atoms with van der Waals surface area (Å²) in [7, 11) is 0. The molecule has 0 amide bonds. The summed E-state index contributed by atoms with van der Waals surface area (Å²) in [5.74, 6) is -0.203. The molecule has 0 fully saturated rings. The zero-order chi connectivity index (χ0) is 10.1. The van der Waals surface area contributed by atoms with Crippen LogP contribution in [-0.4, -0.2) is 11.2 Å². The van der Waals surface area contributed by atoms with E-state index in [1.807, 2.05) is 13.0 Å². The van der Waals surface area contributed by atoms with E-state index in [0.717, 1.165) is 29.5 Å². The van der Waals surface area contributed by atoms with Gasteiger partial charge in [0.1, 0.15) is 5.82 Å². The number of hydrogen-bond acceptors (Lipinski definition) is 1. The lowest BCUT2D eigenvalue weighted by Gasteiger charge is -2.05. The number of benzene rings is 1. The molecule has 2 heteroatoms. The predicted molar refractivity (Wildman–Crippen MR) is 54.4 cm³/mol. The Morgan fingerprint density at radius 3 is 2.79 bits per heavy atom. The van der Waals surface area contributed by atoms with Crippen LogP contribution in [0.3, 0.4) is 0 Å². The van der Waals surface area contributed by atoms with Gasteiger partial charge in [0.05, 0.1) is 6.10 Å². The molecule has 0 saturated heterocycles. The lowest BCUT2D eigenvalue weighted by Crippen LogP contribution is -1.93. The molecule has 1 aliphatic carbocycles. The van der Waals surface area contributed by atoms with Gasteiger partial charge >= 0.3 is 0 Å². The van der Waals surface area contributed by atoms with Gasteiger partial charge in [-0.25, -0.2) is 4.39 Å². The zero-order valence-electron chi connectivity index (χ0n) is 8.13. The SMILES string of the molecule is Cc1cc(F)ccc1C1=CC(O)CC1. The number of aliphatic hydroxyl groups is 1. The first-order valence-corrected chi connectivity index (χ1v) is 4.82. The van der Waals surface area contributed by atoms with Gasteiger partial charge in [0.15, 0.2) is 0 Å². The second-order valence-electron chi connectivity index (χ2n) is 3.76. The lowest BCUT2D eigenvalue weighted by atomic mass is 10.0. The Morgan fingerprint density at radius 2 is 2.21 bits per heavy atom. The molecular formula is C12H13FO. The van der Waals surface area contributed by atoms with Gasteiger partial charge in [0.2, 0.25) is 0 Å². The van der Waals surface area contributed by atoms with E-state index in [1.165, 1.54) is 12.1 Å². The first kappa shape index (κ1) is 9.41. The van der Waals surface area contributed by atoms with Crippen molar-refractivity contribution >= 4 is 5.57 Å². The van der Waals surface area contributed by atoms with Crippen molar-refractivity contribution in [1.82, 2.24) is 0 Å². The minimum absolute atomic E-state index is 0.203. The van der Waals surface area contributed by atoms with Crippen LogP contribution in [-0.2, 0) is 0 Å². The number of halogens is 1. The van der Waals surface area contributed by atoms with Gasteiger partial charge in [0.25, 0.3) is 0 Å². The molecule has 0 radical (unpaired) electrons. The highest BCUT2D eigenvalue weighted by atomic mass is 19.1. The van der Waals surface area contributed by atoms with E-state index in [-0.39, 0.29) is 11.9 Å². The van der Waals surface area contributed by atoms with Crippen LogP contribution >= 0.6 is 0 Å². The maximum Gasteiger partial charge on any atom is 0.123 e. The Morgan fingerprint density at radius 1 is 1.43 bits per heavy atom. The smallest absolute Gasteiger partial charge is 0.123 e. The molecule has 0 aromatic heterocycles. The van der Waals surface area contributed by atoms with Crippen molar-refractivity contribution in [3.8, 4) is 0 Å². The number of allylic oxidation sites excluding steroid dienone is 1. The van der Waals surface area contributed by atoms with Crippen molar-refractivity contribution in [2.75, 3.05) is 0 Å². The molecule has 0 aliphatic heterocycles. The fraction of sp³-hybridized carbons (Fsp3) is 0.333. The molecule has 1 atom stereocenters. The summed E-state index contributed by atoms with van der Waals surface area (Å²) in [6.45, 7) is 1.89. The van der Waals surface area contributed by atoms with E-state index in [4.69, 9.17) is 0 Å². The van der Waals surface area contributed by atoms with Crippen molar-refractivity contribution in [3.63, 3.8) is 0 Å². The van der Waals surface area contributed by atoms with Gasteiger partial charge in [-0.3, -0.25) is 0 Å². The van der Waals surface area contributed by atoms with E-state index in [2.05, 4.69) is 0 Å². The van der Waals surface area contributed by atoms with E-state index >= 15 is 0 Å². The highest BCUT2D eigenvalue weighted by Gasteiger charge is 2.15. The number of hydrogen-bond donors (Lipinski definition) is 1. The van der Waals surface area contributed by atoms with Gasteiger partial charge in [0, 0.05) is 0 Å². The van der Waals surface area contributed by atoms with E-state index in [0.29, 0.717) is 0 Å². The van der Waals surface area contributed by atoms with Gasteiger partial charge in [-0.2, -0.15) is 0 Å². The summed E-state index contributed by atoms with van der Waals surface area (Å²) in [5.41, 5.74) is 3.13. The molecule has 1 N–H and O–H groups in total. The Labute approximate surface area is 82.9 Å². The summed E-state index contributed by atoms with van der Waals surface area (Å²) in [6.07, 6.45) is 3.20. The fourth-order valence-electron chi connectivity index (χ4n) is 1.91. The quantitative estimate of drug-likeness (QED) is 0.725. The second-order valence-corrected chi connectivity index (χ2v) is 3.76. The molecule has 1 aliphatic rings. The van der Waals surface area contributed by atoms with Gasteiger partial charge < -0.3 is 5.11 Å². The zero-order valence-corrected chi connectivity index (χ0v) is 8.13. The minimum atomic E-state index is -0.325. The van der Waals surface area contributed by atoms with Gasteiger partial charge in [-0.05, 0) is 48.6 Å². The average Bonchev–Trinajstić information content (AvgIpc) is 2.51. The molecule has 0 heterocycles. The van der Waals surface area contributed by atoms with Crippen LogP contribution in [0.2, 0.25) is 0 Å². The third kappa shape index (κ3) is 1.70. The molecule has 0 spiro atoms.